The van der Waals surface area contributed by atoms with Crippen LogP contribution in [0.3, 0.4) is 0 Å². The molecule has 0 unspecified atom stereocenters. The number of hydrogen-bond acceptors (Lipinski definition) is 0. The molecule has 0 bridgehead atoms. The molecule has 0 spiro atoms. The summed E-state index contributed by atoms with van der Waals surface area (Å²) < 4.78 is 0. The van der Waals surface area contributed by atoms with Crippen molar-refractivity contribution in [2.24, 2.45) is 0 Å². The van der Waals surface area contributed by atoms with Crippen LogP contribution in [0.1, 0.15) is 31.2 Å². The van der Waals surface area contributed by atoms with Crippen molar-refractivity contribution in [3.63, 3.8) is 0 Å². The Labute approximate surface area is 131 Å². The van der Waals surface area contributed by atoms with Gasteiger partial charge in [0.25, 0.3) is 0 Å². The maximum absolute atomic E-state index is 5.73. The molecule has 0 aliphatic carbocycles. The van der Waals surface area contributed by atoms with Crippen molar-refractivity contribution in [2.75, 3.05) is 5.88 Å². The third-order valence-electron chi connectivity index (χ3n) is 4.17. The van der Waals surface area contributed by atoms with Gasteiger partial charge in [-0.05, 0) is 58.5 Å². The first-order chi connectivity index (χ1) is 10.4. The second-order valence-electron chi connectivity index (χ2n) is 5.69. The molecule has 0 N–H and O–H groups in total. The molecule has 1 heteroatoms. The summed E-state index contributed by atoms with van der Waals surface area (Å²) in [5, 5.41) is 5.42. The second-order valence-corrected chi connectivity index (χ2v) is 6.07. The van der Waals surface area contributed by atoms with E-state index in [1.807, 2.05) is 0 Å². The van der Waals surface area contributed by atoms with E-state index in [9.17, 15) is 0 Å². The third kappa shape index (κ3) is 3.39. The molecular formula is C20H21Cl. The Bertz CT molecular complexity index is 730. The van der Waals surface area contributed by atoms with Crippen LogP contribution >= 0.6 is 11.6 Å². The van der Waals surface area contributed by atoms with Crippen molar-refractivity contribution in [1.29, 1.82) is 0 Å². The second kappa shape index (κ2) is 6.95. The minimum absolute atomic E-state index is 0.792. The highest BCUT2D eigenvalue weighted by molar-refractivity contribution is 6.17. The van der Waals surface area contributed by atoms with Crippen molar-refractivity contribution in [3.8, 4) is 0 Å². The maximum Gasteiger partial charge on any atom is 0.0223 e. The molecule has 0 fully saturated rings. The molecule has 21 heavy (non-hydrogen) atoms. The fraction of sp³-hybridized carbons (Fsp3) is 0.300. The number of hydrogen-bond donors (Lipinski definition) is 0. The predicted molar refractivity (Wildman–Crippen MR) is 94.3 cm³/mol. The first-order valence-electron chi connectivity index (χ1n) is 7.85. The van der Waals surface area contributed by atoms with Crippen LogP contribution in [0.4, 0.5) is 0 Å². The highest BCUT2D eigenvalue weighted by Gasteiger charge is 2.03. The summed E-state index contributed by atoms with van der Waals surface area (Å²) in [4.78, 5) is 0. The van der Waals surface area contributed by atoms with E-state index in [1.165, 1.54) is 46.4 Å². The van der Waals surface area contributed by atoms with Gasteiger partial charge >= 0.3 is 0 Å². The van der Waals surface area contributed by atoms with Crippen molar-refractivity contribution >= 4 is 33.1 Å². The molecule has 3 aromatic rings. The number of alkyl halides is 1. The Morgan fingerprint density at radius 1 is 0.667 bits per heavy atom. The lowest BCUT2D eigenvalue weighted by atomic mass is 9.96. The summed E-state index contributed by atoms with van der Waals surface area (Å²) in [6, 6.07) is 19.9. The SMILES string of the molecule is ClCCCCCCc1cccc2cc3ccccc3cc12. The molecule has 0 aliphatic rings. The van der Waals surface area contributed by atoms with E-state index in [-0.39, 0.29) is 0 Å². The molecular weight excluding hydrogens is 276 g/mol. The maximum atomic E-state index is 5.73. The topological polar surface area (TPSA) is 0 Å². The van der Waals surface area contributed by atoms with Crippen LogP contribution in [0.25, 0.3) is 21.5 Å². The summed E-state index contributed by atoms with van der Waals surface area (Å²) in [6.45, 7) is 0. The van der Waals surface area contributed by atoms with Crippen LogP contribution in [0.5, 0.6) is 0 Å². The van der Waals surface area contributed by atoms with Crippen LogP contribution in [0, 0.1) is 0 Å². The molecule has 0 radical (unpaired) electrons. The zero-order chi connectivity index (χ0) is 14.5. The Hall–Kier alpha value is -1.53. The van der Waals surface area contributed by atoms with Gasteiger partial charge in [-0.2, -0.15) is 0 Å². The summed E-state index contributed by atoms with van der Waals surface area (Å²) in [5.41, 5.74) is 1.48. The fourth-order valence-electron chi connectivity index (χ4n) is 3.01. The van der Waals surface area contributed by atoms with E-state index >= 15 is 0 Å². The summed E-state index contributed by atoms with van der Waals surface area (Å²) in [5.74, 6) is 0.792. The zero-order valence-electron chi connectivity index (χ0n) is 12.3. The third-order valence-corrected chi connectivity index (χ3v) is 4.43. The number of unbranched alkanes of at least 4 members (excludes halogenated alkanes) is 3. The lowest BCUT2D eigenvalue weighted by Crippen LogP contribution is -1.89. The van der Waals surface area contributed by atoms with Gasteiger partial charge in [0.15, 0.2) is 0 Å². The molecule has 3 aromatic carbocycles. The van der Waals surface area contributed by atoms with E-state index in [0.717, 1.165) is 18.7 Å². The van der Waals surface area contributed by atoms with Gasteiger partial charge in [-0.25, -0.2) is 0 Å². The van der Waals surface area contributed by atoms with Gasteiger partial charge in [0.05, 0.1) is 0 Å². The molecule has 0 saturated carbocycles. The molecule has 0 heterocycles. The average Bonchev–Trinajstić information content (AvgIpc) is 2.53. The van der Waals surface area contributed by atoms with Crippen LogP contribution in [-0.4, -0.2) is 5.88 Å². The van der Waals surface area contributed by atoms with E-state index < -0.39 is 0 Å². The molecule has 0 aromatic heterocycles. The zero-order valence-corrected chi connectivity index (χ0v) is 13.1. The van der Waals surface area contributed by atoms with Crippen molar-refractivity contribution in [3.05, 3.63) is 60.2 Å². The van der Waals surface area contributed by atoms with E-state index in [0.29, 0.717) is 0 Å². The van der Waals surface area contributed by atoms with Crippen LogP contribution in [0.2, 0.25) is 0 Å². The van der Waals surface area contributed by atoms with Crippen molar-refractivity contribution in [1.82, 2.24) is 0 Å². The van der Waals surface area contributed by atoms with Gasteiger partial charge < -0.3 is 0 Å². The van der Waals surface area contributed by atoms with Crippen LogP contribution in [0.15, 0.2) is 54.6 Å². The summed E-state index contributed by atoms with van der Waals surface area (Å²) >= 11 is 5.73. The quantitative estimate of drug-likeness (QED) is 0.283. The molecule has 0 saturated heterocycles. The monoisotopic (exact) mass is 296 g/mol. The minimum Gasteiger partial charge on any atom is -0.127 e. The molecule has 0 aliphatic heterocycles. The molecule has 0 amide bonds. The van der Waals surface area contributed by atoms with Crippen molar-refractivity contribution in [2.45, 2.75) is 32.1 Å². The first kappa shape index (κ1) is 14.4. The number of fused-ring (bicyclic) bond motifs is 2. The minimum atomic E-state index is 0.792. The average molecular weight is 297 g/mol. The fourth-order valence-corrected chi connectivity index (χ4v) is 3.20. The molecule has 0 atom stereocenters. The molecule has 0 nitrogen and oxygen atoms in total. The van der Waals surface area contributed by atoms with Gasteiger partial charge in [-0.1, -0.05) is 55.3 Å². The van der Waals surface area contributed by atoms with E-state index in [2.05, 4.69) is 54.6 Å². The van der Waals surface area contributed by atoms with Gasteiger partial charge in [0, 0.05) is 5.88 Å². The Balaban J connectivity index is 1.86. The number of halogens is 1. The van der Waals surface area contributed by atoms with Crippen LogP contribution < -0.4 is 0 Å². The highest BCUT2D eigenvalue weighted by Crippen LogP contribution is 2.26. The van der Waals surface area contributed by atoms with Gasteiger partial charge in [0.1, 0.15) is 0 Å². The van der Waals surface area contributed by atoms with Gasteiger partial charge in [-0.15, -0.1) is 11.6 Å². The van der Waals surface area contributed by atoms with Crippen molar-refractivity contribution < 1.29 is 0 Å². The normalized spacial score (nSPS) is 11.3. The van der Waals surface area contributed by atoms with E-state index in [1.54, 1.807) is 0 Å². The number of aryl methyl sites for hydroxylation is 1. The number of rotatable bonds is 6. The summed E-state index contributed by atoms with van der Waals surface area (Å²) in [7, 11) is 0. The van der Waals surface area contributed by atoms with Crippen LogP contribution in [-0.2, 0) is 6.42 Å². The van der Waals surface area contributed by atoms with Gasteiger partial charge in [0.2, 0.25) is 0 Å². The molecule has 3 rings (SSSR count). The largest absolute Gasteiger partial charge is 0.127 e. The smallest absolute Gasteiger partial charge is 0.0223 e. The van der Waals surface area contributed by atoms with Gasteiger partial charge in [-0.3, -0.25) is 0 Å². The predicted octanol–water partition coefficient (Wildman–Crippen LogP) is 6.33. The Morgan fingerprint density at radius 2 is 1.38 bits per heavy atom. The Morgan fingerprint density at radius 3 is 2.19 bits per heavy atom. The lowest BCUT2D eigenvalue weighted by Gasteiger charge is -2.08. The summed E-state index contributed by atoms with van der Waals surface area (Å²) in [6.07, 6.45) is 6.08. The number of benzene rings is 3. The highest BCUT2D eigenvalue weighted by atomic mass is 35.5. The molecule has 108 valence electrons. The lowest BCUT2D eigenvalue weighted by molar-refractivity contribution is 0.670. The first-order valence-corrected chi connectivity index (χ1v) is 8.38. The standard InChI is InChI=1S/C20H21Cl/c21-13-6-2-1-3-8-16-11-7-12-19-14-17-9-4-5-10-18(17)15-20(16)19/h4-5,7,9-12,14-15H,1-3,6,8,13H2. The van der Waals surface area contributed by atoms with E-state index in [4.69, 9.17) is 11.6 Å². The Kier molecular flexibility index (Phi) is 4.77.